The van der Waals surface area contributed by atoms with Crippen molar-refractivity contribution in [3.63, 3.8) is 0 Å². The first-order chi connectivity index (χ1) is 32.8. The fourth-order valence-electron chi connectivity index (χ4n) is 13.6. The largest absolute Gasteiger partial charge is 0.310 e. The van der Waals surface area contributed by atoms with E-state index in [1.165, 1.54) is 94.6 Å². The van der Waals surface area contributed by atoms with Crippen molar-refractivity contribution in [1.29, 1.82) is 0 Å². The molecule has 0 amide bonds. The zero-order valence-electron chi connectivity index (χ0n) is 39.6. The van der Waals surface area contributed by atoms with Crippen LogP contribution >= 0.6 is 11.6 Å². The van der Waals surface area contributed by atoms with E-state index in [1.807, 2.05) is 0 Å². The van der Waals surface area contributed by atoms with E-state index in [2.05, 4.69) is 240 Å². The Hall–Kier alpha value is -7.13. The van der Waals surface area contributed by atoms with Crippen molar-refractivity contribution in [1.82, 2.24) is 0 Å². The van der Waals surface area contributed by atoms with Gasteiger partial charge in [0.05, 0.1) is 0 Å². The van der Waals surface area contributed by atoms with Gasteiger partial charge in [-0.05, 0) is 168 Å². The average Bonchev–Trinajstić information content (AvgIpc) is 3.92. The Morgan fingerprint density at radius 2 is 0.618 bits per heavy atom. The van der Waals surface area contributed by atoms with Crippen molar-refractivity contribution < 1.29 is 0 Å². The summed E-state index contributed by atoms with van der Waals surface area (Å²) in [6, 6.07) is 69.3. The third kappa shape index (κ3) is 5.04. The molecular formula is C65H51ClN2. The van der Waals surface area contributed by atoms with E-state index < -0.39 is 5.41 Å². The van der Waals surface area contributed by atoms with Crippen LogP contribution in [-0.2, 0) is 21.7 Å². The molecule has 4 aliphatic carbocycles. The molecule has 1 unspecified atom stereocenters. The van der Waals surface area contributed by atoms with Gasteiger partial charge < -0.3 is 9.80 Å². The molecule has 3 heteroatoms. The maximum absolute atomic E-state index is 7.52. The van der Waals surface area contributed by atoms with Crippen molar-refractivity contribution in [3.8, 4) is 44.5 Å². The zero-order chi connectivity index (χ0) is 46.2. The molecule has 0 N–H and O–H groups in total. The van der Waals surface area contributed by atoms with Crippen LogP contribution in [0.4, 0.5) is 34.1 Å². The predicted molar refractivity (Wildman–Crippen MR) is 285 cm³/mol. The van der Waals surface area contributed by atoms with Gasteiger partial charge in [-0.2, -0.15) is 0 Å². The minimum absolute atomic E-state index is 0.170. The maximum atomic E-state index is 7.52. The highest BCUT2D eigenvalue weighted by atomic mass is 35.5. The number of halogens is 1. The molecular weight excluding hydrogens is 844 g/mol. The van der Waals surface area contributed by atoms with Gasteiger partial charge in [-0.25, -0.2) is 0 Å². The highest BCUT2D eigenvalue weighted by Gasteiger charge is 2.48. The minimum Gasteiger partial charge on any atom is -0.310 e. The molecule has 0 saturated heterocycles. The summed E-state index contributed by atoms with van der Waals surface area (Å²) in [5, 5.41) is 0.680. The van der Waals surface area contributed by atoms with E-state index in [1.54, 1.807) is 0 Å². The Morgan fingerprint density at radius 1 is 0.279 bits per heavy atom. The topological polar surface area (TPSA) is 6.48 Å². The van der Waals surface area contributed by atoms with Crippen LogP contribution in [0.3, 0.4) is 0 Å². The quantitative estimate of drug-likeness (QED) is 0.171. The smallest absolute Gasteiger partial charge is 0.0497 e. The van der Waals surface area contributed by atoms with Crippen LogP contribution in [0.25, 0.3) is 44.5 Å². The molecule has 9 aromatic rings. The van der Waals surface area contributed by atoms with Crippen molar-refractivity contribution in [2.45, 2.75) is 70.1 Å². The molecule has 328 valence electrons. The lowest BCUT2D eigenvalue weighted by Gasteiger charge is -2.37. The number of nitrogens with zero attached hydrogens (tertiary/aromatic N) is 2. The number of hydrogen-bond donors (Lipinski definition) is 0. The van der Waals surface area contributed by atoms with Gasteiger partial charge in [-0.15, -0.1) is 0 Å². The van der Waals surface area contributed by atoms with E-state index in [-0.39, 0.29) is 16.2 Å². The minimum atomic E-state index is -0.513. The summed E-state index contributed by atoms with van der Waals surface area (Å²) in [6.45, 7) is 16.8. The zero-order valence-corrected chi connectivity index (χ0v) is 40.3. The molecule has 14 rings (SSSR count). The van der Waals surface area contributed by atoms with Crippen molar-refractivity contribution in [3.05, 3.63) is 237 Å². The van der Waals surface area contributed by atoms with Gasteiger partial charge in [0.15, 0.2) is 0 Å². The summed E-state index contributed by atoms with van der Waals surface area (Å²) in [6.07, 6.45) is 0. The van der Waals surface area contributed by atoms with E-state index in [4.69, 9.17) is 11.6 Å². The Labute approximate surface area is 405 Å². The molecule has 1 aliphatic heterocycles. The molecule has 0 saturated carbocycles. The fourth-order valence-corrected chi connectivity index (χ4v) is 13.8. The van der Waals surface area contributed by atoms with E-state index in [9.17, 15) is 0 Å². The Bertz CT molecular complexity index is 3720. The second-order valence-corrected chi connectivity index (χ2v) is 22.1. The molecule has 0 aromatic heterocycles. The summed E-state index contributed by atoms with van der Waals surface area (Å²) in [5.74, 6) is 0. The number of benzene rings is 9. The first kappa shape index (κ1) is 40.0. The lowest BCUT2D eigenvalue weighted by atomic mass is 9.70. The molecule has 0 radical (unpaired) electrons. The predicted octanol–water partition coefficient (Wildman–Crippen LogP) is 17.8. The Balaban J connectivity index is 1.10. The Kier molecular flexibility index (Phi) is 7.82. The molecule has 0 spiro atoms. The molecule has 2 nitrogen and oxygen atoms in total. The summed E-state index contributed by atoms with van der Waals surface area (Å²) in [5.41, 5.74) is 27.9. The van der Waals surface area contributed by atoms with Crippen LogP contribution in [0.5, 0.6) is 0 Å². The second kappa shape index (κ2) is 13.3. The van der Waals surface area contributed by atoms with Crippen LogP contribution in [0, 0.1) is 0 Å². The summed E-state index contributed by atoms with van der Waals surface area (Å²) in [4.78, 5) is 4.96. The normalized spacial score (nSPS) is 18.4. The molecule has 68 heavy (non-hydrogen) atoms. The lowest BCUT2D eigenvalue weighted by Crippen LogP contribution is -2.26. The van der Waals surface area contributed by atoms with Crippen molar-refractivity contribution in [2.75, 3.05) is 9.80 Å². The number of rotatable bonds is 2. The van der Waals surface area contributed by atoms with Crippen molar-refractivity contribution >= 4 is 45.7 Å². The standard InChI is InChI=1S/C65H51ClN2/c1-62(2)52-20-12-8-16-45(52)48-27-24-39(33-56(48)62)67-41-26-29-50-47-18-10-15-23-55(47)65(7,58(50)35-41)60-37-44(36-59-61(60)51-19-11-14-22-54(51)64(59,5)6)68(43-31-38(66)30-42(67)32-43)40-25-28-49-46-17-9-13-21-53(46)63(3,4)57(49)34-40/h8-37H,1-7H3. The second-order valence-electron chi connectivity index (χ2n) is 21.6. The van der Waals surface area contributed by atoms with Gasteiger partial charge in [0, 0.05) is 60.8 Å². The lowest BCUT2D eigenvalue weighted by molar-refractivity contribution is 0.656. The highest BCUT2D eigenvalue weighted by molar-refractivity contribution is 6.31. The molecule has 1 atom stereocenters. The molecule has 1 heterocycles. The summed E-state index contributed by atoms with van der Waals surface area (Å²) < 4.78 is 0. The van der Waals surface area contributed by atoms with Crippen LogP contribution in [0.1, 0.15) is 98.5 Å². The summed E-state index contributed by atoms with van der Waals surface area (Å²) in [7, 11) is 0. The highest BCUT2D eigenvalue weighted by Crippen LogP contribution is 2.62. The first-order valence-corrected chi connectivity index (χ1v) is 24.6. The van der Waals surface area contributed by atoms with E-state index in [0.717, 1.165) is 34.1 Å². The van der Waals surface area contributed by atoms with Gasteiger partial charge in [-0.1, -0.05) is 168 Å². The number of anilines is 6. The maximum Gasteiger partial charge on any atom is 0.0497 e. The summed E-state index contributed by atoms with van der Waals surface area (Å²) >= 11 is 7.52. The van der Waals surface area contributed by atoms with Gasteiger partial charge in [0.2, 0.25) is 0 Å². The molecule has 5 aliphatic rings. The fraction of sp³-hybridized carbons (Fsp3) is 0.169. The number of fused-ring (bicyclic) bond motifs is 19. The molecule has 6 bridgehead atoms. The molecule has 0 fully saturated rings. The monoisotopic (exact) mass is 894 g/mol. The van der Waals surface area contributed by atoms with Crippen molar-refractivity contribution in [2.24, 2.45) is 0 Å². The first-order valence-electron chi connectivity index (χ1n) is 24.2. The van der Waals surface area contributed by atoms with Crippen LogP contribution in [0.15, 0.2) is 182 Å². The van der Waals surface area contributed by atoms with E-state index >= 15 is 0 Å². The average molecular weight is 896 g/mol. The van der Waals surface area contributed by atoms with Crippen LogP contribution < -0.4 is 9.80 Å². The van der Waals surface area contributed by atoms with E-state index in [0.29, 0.717) is 5.02 Å². The van der Waals surface area contributed by atoms with Gasteiger partial charge in [0.1, 0.15) is 0 Å². The third-order valence-electron chi connectivity index (χ3n) is 17.1. The SMILES string of the molecule is CC1(C)c2ccccc2-c2ccc(N3c4cc(Cl)cc(c4)N(c4ccc5c(c4)C(C)(C)c4ccccc4-5)c4cc5c(c(c4)C4(C)c6ccccc6-c6ccc3cc64)-c3ccccc3C5(C)C)cc21. The number of hydrogen-bond acceptors (Lipinski definition) is 2. The van der Waals surface area contributed by atoms with Gasteiger partial charge in [-0.3, -0.25) is 0 Å². The van der Waals surface area contributed by atoms with Gasteiger partial charge in [0.25, 0.3) is 0 Å². The van der Waals surface area contributed by atoms with Gasteiger partial charge >= 0.3 is 0 Å². The Morgan fingerprint density at radius 3 is 1.15 bits per heavy atom. The molecule has 9 aromatic carbocycles. The van der Waals surface area contributed by atoms with Crippen LogP contribution in [-0.4, -0.2) is 0 Å². The third-order valence-corrected chi connectivity index (χ3v) is 17.3. The van der Waals surface area contributed by atoms with Crippen LogP contribution in [0.2, 0.25) is 5.02 Å².